The SMILES string of the molecule is BrCc1ccc2nccnc2c1.C.Cc1ccc2nccnc2c1.N.[AlH2].[B]=N[S-](=[B])=N. The predicted octanol–water partition coefficient (Wildman–Crippen LogP) is 4.06. The van der Waals surface area contributed by atoms with E-state index in [1.54, 1.807) is 24.8 Å². The van der Waals surface area contributed by atoms with Crippen LogP contribution in [0.5, 0.6) is 0 Å². The number of benzene rings is 2. The average molecular weight is 512 g/mol. The third kappa shape index (κ3) is 10.9. The summed E-state index contributed by atoms with van der Waals surface area (Å²) in [5.41, 5.74) is 6.27. The quantitative estimate of drug-likeness (QED) is 0.238. The van der Waals surface area contributed by atoms with E-state index in [9.17, 15) is 0 Å². The standard InChI is InChI=1S/C9H7BrN2.C9H8N2.CH4.Al.B2HN2S.H3N.2H/c10-6-7-1-2-8-9(5-7)12-4-3-11-8;1-7-2-3-8-9(6-7)11-5-4-10-8;;;1-4-5(2)3;;;/h1-5H,6H2;2-6H,1H3;1H4;;3H;1H3;;/q;;;;-1;;;. The topological polar surface area (TPSA) is 123 Å². The number of hydrogen-bond donors (Lipinski definition) is 2. The summed E-state index contributed by atoms with van der Waals surface area (Å²) in [6.45, 7) is 6.74. The Morgan fingerprint density at radius 2 is 1.32 bits per heavy atom. The van der Waals surface area contributed by atoms with Crippen LogP contribution in [0.15, 0.2) is 65.5 Å². The normalized spacial score (nSPS) is 8.94. The summed E-state index contributed by atoms with van der Waals surface area (Å²) in [4.78, 5) is 16.7. The first-order chi connectivity index (χ1) is 13.5. The van der Waals surface area contributed by atoms with Crippen molar-refractivity contribution in [1.29, 1.82) is 4.78 Å². The van der Waals surface area contributed by atoms with Gasteiger partial charge >= 0.3 is 33.7 Å². The molecule has 2 heterocycles. The van der Waals surface area contributed by atoms with Crippen LogP contribution in [0.1, 0.15) is 18.6 Å². The van der Waals surface area contributed by atoms with Gasteiger partial charge in [-0.25, -0.2) is 0 Å². The molecule has 2 aromatic carbocycles. The molecule has 0 aliphatic carbocycles. The molecule has 0 saturated heterocycles. The minimum atomic E-state index is -1.17. The molecule has 31 heavy (non-hydrogen) atoms. The fourth-order valence-electron chi connectivity index (χ4n) is 2.17. The molecule has 0 amide bonds. The first-order valence-electron chi connectivity index (χ1n) is 8.07. The second-order valence-corrected chi connectivity index (χ2v) is 6.88. The molecule has 0 unspecified atom stereocenters. The molecule has 4 aromatic rings. The van der Waals surface area contributed by atoms with Crippen LogP contribution in [0.2, 0.25) is 0 Å². The van der Waals surface area contributed by atoms with Crippen LogP contribution < -0.4 is 6.15 Å². The third-order valence-electron chi connectivity index (χ3n) is 3.43. The van der Waals surface area contributed by atoms with Crippen molar-refractivity contribution in [1.82, 2.24) is 26.1 Å². The van der Waals surface area contributed by atoms with Gasteiger partial charge in [-0.3, -0.25) is 19.9 Å². The zero-order valence-corrected chi connectivity index (χ0v) is 21.3. The summed E-state index contributed by atoms with van der Waals surface area (Å²) in [6, 6.07) is 12.1. The maximum absolute atomic E-state index is 6.34. The zero-order valence-electron chi connectivity index (χ0n) is 16.9. The van der Waals surface area contributed by atoms with E-state index in [0.717, 1.165) is 27.4 Å². The molecule has 0 saturated carbocycles. The number of aromatic nitrogens is 4. The van der Waals surface area contributed by atoms with Gasteiger partial charge in [-0.2, -0.15) is 0 Å². The summed E-state index contributed by atoms with van der Waals surface area (Å²) in [7, 11) is 3.33. The van der Waals surface area contributed by atoms with E-state index in [2.05, 4.69) is 47.8 Å². The Labute approximate surface area is 206 Å². The molecule has 3 radical (unpaired) electrons. The second-order valence-electron chi connectivity index (χ2n) is 5.48. The van der Waals surface area contributed by atoms with Crippen molar-refractivity contribution in [3.8, 4) is 0 Å². The number of halogens is 1. The minimum absolute atomic E-state index is 0. The zero-order chi connectivity index (χ0) is 20.4. The molecule has 7 nitrogen and oxygen atoms in total. The molecule has 2 aromatic heterocycles. The fraction of sp³-hybridized carbons (Fsp3) is 0.158. The van der Waals surface area contributed by atoms with Gasteiger partial charge < -0.3 is 6.15 Å². The van der Waals surface area contributed by atoms with Crippen molar-refractivity contribution in [2.45, 2.75) is 19.7 Å². The maximum atomic E-state index is 6.34. The van der Waals surface area contributed by atoms with E-state index in [1.165, 1.54) is 11.1 Å². The number of nitrogens with zero attached hydrogens (tertiary/aromatic N) is 5. The average Bonchev–Trinajstić information content (AvgIpc) is 2.74. The molecule has 12 heteroatoms. The number of hydrogen-bond acceptors (Lipinski definition) is 7. The van der Waals surface area contributed by atoms with E-state index in [1.807, 2.05) is 43.3 Å². The van der Waals surface area contributed by atoms with E-state index >= 15 is 0 Å². The molecule has 0 aliphatic rings. The Bertz CT molecular complexity index is 1150. The van der Waals surface area contributed by atoms with Crippen LogP contribution in [0.3, 0.4) is 0 Å². The second kappa shape index (κ2) is 16.8. The van der Waals surface area contributed by atoms with Gasteiger partial charge in [0, 0.05) is 30.1 Å². The first kappa shape index (κ1) is 31.4. The molecule has 4 rings (SSSR count). The van der Waals surface area contributed by atoms with Crippen LogP contribution in [0.4, 0.5) is 0 Å². The summed E-state index contributed by atoms with van der Waals surface area (Å²) >= 11 is 3.40. The third-order valence-corrected chi connectivity index (χ3v) is 4.30. The number of aryl methyl sites for hydroxylation is 1. The van der Waals surface area contributed by atoms with Gasteiger partial charge in [0.25, 0.3) is 0 Å². The number of rotatable bonds is 2. The summed E-state index contributed by atoms with van der Waals surface area (Å²) < 4.78 is 9.20. The molecule has 4 N–H and O–H groups in total. The molecule has 0 bridgehead atoms. The monoisotopic (exact) mass is 511 g/mol. The Kier molecular flexibility index (Phi) is 17.0. The van der Waals surface area contributed by atoms with Gasteiger partial charge in [-0.1, -0.05) is 35.5 Å². The molecule has 159 valence electrons. The van der Waals surface area contributed by atoms with E-state index in [0.29, 0.717) is 0 Å². The Morgan fingerprint density at radius 1 is 0.903 bits per heavy atom. The van der Waals surface area contributed by atoms with Crippen molar-refractivity contribution in [3.05, 3.63) is 72.3 Å². The molecule has 0 atom stereocenters. The van der Waals surface area contributed by atoms with Crippen LogP contribution in [0.25, 0.3) is 22.1 Å². The van der Waals surface area contributed by atoms with Gasteiger partial charge in [-0.05, 0) is 42.3 Å². The van der Waals surface area contributed by atoms with Gasteiger partial charge in [0.2, 0.25) is 0 Å². The van der Waals surface area contributed by atoms with E-state index in [-0.39, 0.29) is 30.9 Å². The summed E-state index contributed by atoms with van der Waals surface area (Å²) in [6.07, 6.45) is 6.83. The summed E-state index contributed by atoms with van der Waals surface area (Å²) in [5.74, 6) is 0. The molecule has 0 spiro atoms. The van der Waals surface area contributed by atoms with Crippen LogP contribution in [-0.2, 0) is 15.6 Å². The fourth-order valence-corrected chi connectivity index (χ4v) is 2.51. The van der Waals surface area contributed by atoms with Crippen molar-refractivity contribution >= 4 is 80.0 Å². The van der Waals surface area contributed by atoms with Gasteiger partial charge in [0.15, 0.2) is 0 Å². The van der Waals surface area contributed by atoms with Crippen LogP contribution in [-0.4, -0.2) is 51.7 Å². The number of alkyl halides is 1. The van der Waals surface area contributed by atoms with Crippen molar-refractivity contribution in [3.63, 3.8) is 0 Å². The molecular weight excluding hydrogens is 487 g/mol. The molecular formula is C19H25AlB2BrN7S-. The van der Waals surface area contributed by atoms with Gasteiger partial charge in [-0.15, -0.1) is 0 Å². The van der Waals surface area contributed by atoms with Crippen molar-refractivity contribution in [2.75, 3.05) is 0 Å². The molecule has 0 fully saturated rings. The van der Waals surface area contributed by atoms with Gasteiger partial charge in [0.1, 0.15) is 17.4 Å². The van der Waals surface area contributed by atoms with Crippen LogP contribution >= 0.6 is 15.9 Å². The Hall–Kier alpha value is -1.83. The van der Waals surface area contributed by atoms with Crippen molar-refractivity contribution in [2.24, 2.45) is 4.30 Å². The Morgan fingerprint density at radius 3 is 1.77 bits per heavy atom. The van der Waals surface area contributed by atoms with E-state index < -0.39 is 10.3 Å². The number of nitrogens with one attached hydrogen (secondary N) is 1. The first-order valence-corrected chi connectivity index (χ1v) is 10.4. The van der Waals surface area contributed by atoms with Gasteiger partial charge in [0.05, 0.1) is 22.1 Å². The molecule has 0 aliphatic heterocycles. The Balaban J connectivity index is 0. The predicted molar refractivity (Wildman–Crippen MR) is 141 cm³/mol. The van der Waals surface area contributed by atoms with Crippen molar-refractivity contribution < 1.29 is 0 Å². The van der Waals surface area contributed by atoms with E-state index in [4.69, 9.17) is 11.5 Å². The van der Waals surface area contributed by atoms with Crippen LogP contribution in [0, 0.1) is 11.7 Å². The number of fused-ring (bicyclic) bond motifs is 2. The summed E-state index contributed by atoms with van der Waals surface area (Å²) in [5, 5.41) is 0.861.